The summed E-state index contributed by atoms with van der Waals surface area (Å²) in [7, 11) is 0. The summed E-state index contributed by atoms with van der Waals surface area (Å²) >= 11 is 0. The highest BCUT2D eigenvalue weighted by atomic mass is 15.0. The normalized spacial score (nSPS) is 21.0. The van der Waals surface area contributed by atoms with Crippen molar-refractivity contribution in [2.24, 2.45) is 5.92 Å². The Hall–Kier alpha value is -0.0800. The summed E-state index contributed by atoms with van der Waals surface area (Å²) < 4.78 is 0. The molecule has 1 unspecified atom stereocenters. The first-order valence-electron chi connectivity index (χ1n) is 6.96. The maximum Gasteiger partial charge on any atom is 0.0164 e. The van der Waals surface area contributed by atoms with Crippen molar-refractivity contribution >= 4 is 0 Å². The van der Waals surface area contributed by atoms with Gasteiger partial charge in [-0.25, -0.2) is 0 Å². The average molecular weight is 226 g/mol. The second kappa shape index (κ2) is 6.61. The van der Waals surface area contributed by atoms with Gasteiger partial charge in [0.25, 0.3) is 0 Å². The fourth-order valence-corrected chi connectivity index (χ4v) is 2.29. The van der Waals surface area contributed by atoms with E-state index in [1.54, 1.807) is 0 Å². The fraction of sp³-hybridized carbons (Fsp3) is 1.00. The summed E-state index contributed by atoms with van der Waals surface area (Å²) in [5.74, 6) is 0.936. The molecule has 2 nitrogen and oxygen atoms in total. The highest BCUT2D eigenvalue weighted by molar-refractivity contribution is 4.76. The van der Waals surface area contributed by atoms with Gasteiger partial charge in [-0.3, -0.25) is 0 Å². The molecule has 0 aromatic rings. The molecule has 96 valence electrons. The smallest absolute Gasteiger partial charge is 0.0164 e. The van der Waals surface area contributed by atoms with Crippen LogP contribution < -0.4 is 10.6 Å². The summed E-state index contributed by atoms with van der Waals surface area (Å²) in [5, 5.41) is 7.21. The largest absolute Gasteiger partial charge is 0.313 e. The van der Waals surface area contributed by atoms with Crippen LogP contribution in [0, 0.1) is 5.92 Å². The topological polar surface area (TPSA) is 24.1 Å². The molecule has 1 fully saturated rings. The lowest BCUT2D eigenvalue weighted by atomic mass is 9.89. The van der Waals surface area contributed by atoms with E-state index in [9.17, 15) is 0 Å². The highest BCUT2D eigenvalue weighted by Gasteiger charge is 2.15. The third-order valence-corrected chi connectivity index (χ3v) is 3.42. The van der Waals surface area contributed by atoms with Crippen molar-refractivity contribution in [2.45, 2.75) is 71.4 Å². The Labute approximate surface area is 102 Å². The minimum atomic E-state index is 0.237. The van der Waals surface area contributed by atoms with Crippen LogP contribution in [0.3, 0.4) is 0 Å². The maximum absolute atomic E-state index is 3.66. The lowest BCUT2D eigenvalue weighted by Gasteiger charge is -2.27. The van der Waals surface area contributed by atoms with E-state index < -0.39 is 0 Å². The molecule has 2 heteroatoms. The first-order chi connectivity index (χ1) is 7.47. The van der Waals surface area contributed by atoms with E-state index in [1.165, 1.54) is 38.6 Å². The molecule has 0 heterocycles. The van der Waals surface area contributed by atoms with Crippen LogP contribution in [0.1, 0.15) is 59.8 Å². The summed E-state index contributed by atoms with van der Waals surface area (Å²) in [6.07, 6.45) is 7.22. The number of nitrogens with one attached hydrogen (secondary N) is 2. The zero-order chi connectivity index (χ0) is 12.0. The third-order valence-electron chi connectivity index (χ3n) is 3.42. The van der Waals surface area contributed by atoms with Gasteiger partial charge in [-0.2, -0.15) is 0 Å². The average Bonchev–Trinajstić information content (AvgIpc) is 2.24. The fourth-order valence-electron chi connectivity index (χ4n) is 2.29. The van der Waals surface area contributed by atoms with Crippen molar-refractivity contribution in [3.05, 3.63) is 0 Å². The van der Waals surface area contributed by atoms with Crippen molar-refractivity contribution in [1.82, 2.24) is 10.6 Å². The first-order valence-corrected chi connectivity index (χ1v) is 6.96. The van der Waals surface area contributed by atoms with Crippen molar-refractivity contribution in [3.63, 3.8) is 0 Å². The molecule has 1 saturated carbocycles. The van der Waals surface area contributed by atoms with Crippen LogP contribution in [0.15, 0.2) is 0 Å². The molecule has 0 bridgehead atoms. The molecular weight excluding hydrogens is 196 g/mol. The van der Waals surface area contributed by atoms with Crippen LogP contribution in [0.4, 0.5) is 0 Å². The highest BCUT2D eigenvalue weighted by Crippen LogP contribution is 2.22. The zero-order valence-corrected chi connectivity index (χ0v) is 11.6. The molecule has 1 aliphatic rings. The van der Waals surface area contributed by atoms with Gasteiger partial charge in [-0.05, 0) is 53.0 Å². The number of hydrogen-bond acceptors (Lipinski definition) is 2. The molecule has 0 amide bonds. The van der Waals surface area contributed by atoms with Gasteiger partial charge in [0.2, 0.25) is 0 Å². The molecule has 0 aromatic carbocycles. The van der Waals surface area contributed by atoms with Gasteiger partial charge < -0.3 is 10.6 Å². The number of hydrogen-bond donors (Lipinski definition) is 2. The Morgan fingerprint density at radius 2 is 1.75 bits per heavy atom. The van der Waals surface area contributed by atoms with Crippen LogP contribution in [-0.4, -0.2) is 24.7 Å². The summed E-state index contributed by atoms with van der Waals surface area (Å²) in [6, 6.07) is 0.584. The Kier molecular flexibility index (Phi) is 5.77. The molecule has 1 rings (SSSR count). The predicted molar refractivity (Wildman–Crippen MR) is 71.8 cm³/mol. The lowest BCUT2D eigenvalue weighted by molar-refractivity contribution is 0.318. The predicted octanol–water partition coefficient (Wildman–Crippen LogP) is 2.93. The van der Waals surface area contributed by atoms with Crippen molar-refractivity contribution in [3.8, 4) is 0 Å². The molecule has 16 heavy (non-hydrogen) atoms. The van der Waals surface area contributed by atoms with Crippen LogP contribution in [0.2, 0.25) is 0 Å². The molecule has 0 saturated heterocycles. The van der Waals surface area contributed by atoms with Crippen molar-refractivity contribution < 1.29 is 0 Å². The molecule has 1 aliphatic carbocycles. The molecule has 0 spiro atoms. The minimum Gasteiger partial charge on any atom is -0.313 e. The Balaban J connectivity index is 2.07. The lowest BCUT2D eigenvalue weighted by Crippen LogP contribution is -2.45. The Bertz CT molecular complexity index is 178. The van der Waals surface area contributed by atoms with Crippen molar-refractivity contribution in [1.29, 1.82) is 0 Å². The van der Waals surface area contributed by atoms with E-state index in [2.05, 4.69) is 38.3 Å². The van der Waals surface area contributed by atoms with Gasteiger partial charge in [0, 0.05) is 18.1 Å². The molecule has 1 atom stereocenters. The molecule has 0 radical (unpaired) electrons. The van der Waals surface area contributed by atoms with Gasteiger partial charge in [-0.15, -0.1) is 0 Å². The van der Waals surface area contributed by atoms with Crippen molar-refractivity contribution in [2.75, 3.05) is 13.1 Å². The van der Waals surface area contributed by atoms with Gasteiger partial charge in [0.05, 0.1) is 0 Å². The van der Waals surface area contributed by atoms with E-state index in [0.29, 0.717) is 6.04 Å². The van der Waals surface area contributed by atoms with E-state index in [4.69, 9.17) is 0 Å². The first kappa shape index (κ1) is 14.0. The minimum absolute atomic E-state index is 0.237. The standard InChI is InChI=1S/C14H30N2/c1-12(10-16-14(2,3)4)15-11-13-8-6-5-7-9-13/h12-13,15-16H,5-11H2,1-4H3. The number of rotatable bonds is 5. The summed E-state index contributed by atoms with van der Waals surface area (Å²) in [4.78, 5) is 0. The van der Waals surface area contributed by atoms with Gasteiger partial charge >= 0.3 is 0 Å². The van der Waals surface area contributed by atoms with Gasteiger partial charge in [0.1, 0.15) is 0 Å². The summed E-state index contributed by atoms with van der Waals surface area (Å²) in [6.45, 7) is 11.2. The summed E-state index contributed by atoms with van der Waals surface area (Å²) in [5.41, 5.74) is 0.237. The monoisotopic (exact) mass is 226 g/mol. The maximum atomic E-state index is 3.66. The van der Waals surface area contributed by atoms with Gasteiger partial charge in [0.15, 0.2) is 0 Å². The van der Waals surface area contributed by atoms with E-state index in [1.807, 2.05) is 0 Å². The Morgan fingerprint density at radius 3 is 2.31 bits per heavy atom. The van der Waals surface area contributed by atoms with Crippen LogP contribution >= 0.6 is 0 Å². The molecule has 2 N–H and O–H groups in total. The zero-order valence-electron chi connectivity index (χ0n) is 11.6. The van der Waals surface area contributed by atoms with E-state index in [-0.39, 0.29) is 5.54 Å². The van der Waals surface area contributed by atoms with Gasteiger partial charge in [-0.1, -0.05) is 19.3 Å². The molecule has 0 aliphatic heterocycles. The SMILES string of the molecule is CC(CNC(C)(C)C)NCC1CCCCC1. The quantitative estimate of drug-likeness (QED) is 0.753. The van der Waals surface area contributed by atoms with Crippen LogP contribution in [-0.2, 0) is 0 Å². The molecule has 0 aromatic heterocycles. The second-order valence-electron chi connectivity index (χ2n) is 6.44. The van der Waals surface area contributed by atoms with Crippen LogP contribution in [0.25, 0.3) is 0 Å². The van der Waals surface area contributed by atoms with E-state index >= 15 is 0 Å². The third kappa shape index (κ3) is 6.49. The molecular formula is C14H30N2. The second-order valence-corrected chi connectivity index (χ2v) is 6.44. The van der Waals surface area contributed by atoms with E-state index in [0.717, 1.165) is 12.5 Å². The van der Waals surface area contributed by atoms with Crippen LogP contribution in [0.5, 0.6) is 0 Å². The Morgan fingerprint density at radius 1 is 1.12 bits per heavy atom.